The fourth-order valence-electron chi connectivity index (χ4n) is 1.51. The summed E-state index contributed by atoms with van der Waals surface area (Å²) in [4.78, 5) is 13.8. The summed E-state index contributed by atoms with van der Waals surface area (Å²) in [7, 11) is 0. The van der Waals surface area contributed by atoms with Crippen molar-refractivity contribution in [3.05, 3.63) is 34.4 Å². The van der Waals surface area contributed by atoms with Crippen LogP contribution in [0.5, 0.6) is 0 Å². The Morgan fingerprint density at radius 3 is 2.93 bits per heavy atom. The first-order chi connectivity index (χ1) is 7.09. The number of hydrogen-bond acceptors (Lipinski definition) is 2. The average molecular weight is 269 g/mol. The van der Waals surface area contributed by atoms with Gasteiger partial charge in [-0.25, -0.2) is 0 Å². The number of rotatable bonds is 2. The first-order valence-electron chi connectivity index (χ1n) is 4.34. The molecule has 0 radical (unpaired) electrons. The van der Waals surface area contributed by atoms with Gasteiger partial charge in [0, 0.05) is 27.1 Å². The summed E-state index contributed by atoms with van der Waals surface area (Å²) in [6, 6.07) is 4.59. The lowest BCUT2D eigenvalue weighted by molar-refractivity contribution is -0.138. The number of fused-ring (bicyclic) bond motifs is 1. The predicted octanol–water partition coefficient (Wildman–Crippen LogP) is 2.01. The van der Waals surface area contributed by atoms with Crippen molar-refractivity contribution in [2.24, 2.45) is 5.73 Å². The Labute approximate surface area is 94.2 Å². The van der Waals surface area contributed by atoms with E-state index in [-0.39, 0.29) is 0 Å². The lowest BCUT2D eigenvalue weighted by Gasteiger charge is -2.04. The topological polar surface area (TPSA) is 79.1 Å². The second kappa shape index (κ2) is 3.67. The van der Waals surface area contributed by atoms with Gasteiger partial charge in [-0.1, -0.05) is 22.0 Å². The summed E-state index contributed by atoms with van der Waals surface area (Å²) in [5.74, 6) is -1.03. The van der Waals surface area contributed by atoms with Gasteiger partial charge in [0.2, 0.25) is 0 Å². The second-order valence-corrected chi connectivity index (χ2v) is 4.17. The number of hydrogen-bond donors (Lipinski definition) is 3. The molecule has 2 rings (SSSR count). The number of aromatic amines is 1. The number of carboxylic acid groups (broad SMARTS) is 1. The highest BCUT2D eigenvalue weighted by Gasteiger charge is 2.17. The van der Waals surface area contributed by atoms with Crippen LogP contribution in [0.15, 0.2) is 28.9 Å². The van der Waals surface area contributed by atoms with E-state index in [4.69, 9.17) is 10.8 Å². The van der Waals surface area contributed by atoms with Gasteiger partial charge in [-0.3, -0.25) is 4.79 Å². The molecule has 15 heavy (non-hydrogen) atoms. The second-order valence-electron chi connectivity index (χ2n) is 3.25. The Hall–Kier alpha value is -1.33. The molecule has 1 aromatic carbocycles. The minimum atomic E-state index is -1.03. The highest BCUT2D eigenvalue weighted by atomic mass is 79.9. The van der Waals surface area contributed by atoms with Gasteiger partial charge in [0.1, 0.15) is 6.04 Å². The Morgan fingerprint density at radius 2 is 2.27 bits per heavy atom. The lowest BCUT2D eigenvalue weighted by Crippen LogP contribution is -2.20. The third-order valence-electron chi connectivity index (χ3n) is 2.28. The zero-order valence-electron chi connectivity index (χ0n) is 7.70. The molecule has 1 heterocycles. The summed E-state index contributed by atoms with van der Waals surface area (Å²) in [6.07, 6.45) is 1.63. The average Bonchev–Trinajstić information content (AvgIpc) is 2.59. The van der Waals surface area contributed by atoms with Crippen LogP contribution >= 0.6 is 15.9 Å². The molecule has 4 nitrogen and oxygen atoms in total. The normalized spacial score (nSPS) is 12.9. The van der Waals surface area contributed by atoms with Crippen LogP contribution in [0.1, 0.15) is 11.6 Å². The smallest absolute Gasteiger partial charge is 0.325 e. The van der Waals surface area contributed by atoms with Crippen LogP contribution in [0.3, 0.4) is 0 Å². The van der Waals surface area contributed by atoms with Gasteiger partial charge < -0.3 is 15.8 Å². The Kier molecular flexibility index (Phi) is 2.50. The maximum absolute atomic E-state index is 10.8. The molecular weight excluding hydrogens is 260 g/mol. The number of carboxylic acids is 1. The number of H-pyrrole nitrogens is 1. The largest absolute Gasteiger partial charge is 0.480 e. The van der Waals surface area contributed by atoms with Crippen LogP contribution in [0.4, 0.5) is 0 Å². The van der Waals surface area contributed by atoms with Crippen LogP contribution in [0.2, 0.25) is 0 Å². The number of carbonyl (C=O) groups is 1. The third kappa shape index (κ3) is 1.75. The van der Waals surface area contributed by atoms with E-state index in [2.05, 4.69) is 20.9 Å². The van der Waals surface area contributed by atoms with E-state index in [1.54, 1.807) is 6.20 Å². The molecule has 0 unspecified atom stereocenters. The van der Waals surface area contributed by atoms with Crippen LogP contribution < -0.4 is 5.73 Å². The van der Waals surface area contributed by atoms with Crippen molar-refractivity contribution in [2.75, 3.05) is 0 Å². The number of nitrogens with one attached hydrogen (secondary N) is 1. The maximum atomic E-state index is 10.8. The van der Waals surface area contributed by atoms with Crippen molar-refractivity contribution < 1.29 is 9.90 Å². The summed E-state index contributed by atoms with van der Waals surface area (Å²) in [6.45, 7) is 0. The van der Waals surface area contributed by atoms with Crippen molar-refractivity contribution in [3.8, 4) is 0 Å². The zero-order valence-corrected chi connectivity index (χ0v) is 9.28. The van der Waals surface area contributed by atoms with Crippen LogP contribution in [0.25, 0.3) is 10.9 Å². The van der Waals surface area contributed by atoms with Crippen LogP contribution in [-0.2, 0) is 4.79 Å². The predicted molar refractivity (Wildman–Crippen MR) is 60.6 cm³/mol. The van der Waals surface area contributed by atoms with Crippen molar-refractivity contribution in [1.82, 2.24) is 4.98 Å². The lowest BCUT2D eigenvalue weighted by atomic mass is 10.1. The van der Waals surface area contributed by atoms with Gasteiger partial charge in [0.05, 0.1) is 0 Å². The fraction of sp³-hybridized carbons (Fsp3) is 0.100. The molecule has 4 N–H and O–H groups in total. The maximum Gasteiger partial charge on any atom is 0.325 e. The molecule has 78 valence electrons. The Balaban J connectivity index is 2.59. The SMILES string of the molecule is N[C@@H](C(=O)O)c1c[nH]c2cc(Br)ccc12. The van der Waals surface area contributed by atoms with Crippen LogP contribution in [-0.4, -0.2) is 16.1 Å². The fourth-order valence-corrected chi connectivity index (χ4v) is 1.87. The molecular formula is C10H9BrN2O2. The molecule has 5 heteroatoms. The Bertz CT molecular complexity index is 521. The minimum absolute atomic E-state index is 0.602. The number of aromatic nitrogens is 1. The van der Waals surface area contributed by atoms with Crippen molar-refractivity contribution >= 4 is 32.8 Å². The van der Waals surface area contributed by atoms with Crippen molar-refractivity contribution in [2.45, 2.75) is 6.04 Å². The molecule has 0 spiro atoms. The molecule has 0 aliphatic rings. The standard InChI is InChI=1S/C10H9BrN2O2/c11-5-1-2-6-7(9(12)10(14)15)4-13-8(6)3-5/h1-4,9,13H,12H2,(H,14,15)/t9-/m1/s1. The molecule has 0 amide bonds. The van der Waals surface area contributed by atoms with E-state index >= 15 is 0 Å². The molecule has 1 atom stereocenters. The first-order valence-corrected chi connectivity index (χ1v) is 5.14. The zero-order chi connectivity index (χ0) is 11.0. The first kappa shape index (κ1) is 10.2. The molecule has 0 fully saturated rings. The molecule has 0 bridgehead atoms. The summed E-state index contributed by atoms with van der Waals surface area (Å²) >= 11 is 3.34. The number of aliphatic carboxylic acids is 1. The molecule has 1 aromatic heterocycles. The van der Waals surface area contributed by atoms with Gasteiger partial charge in [-0.15, -0.1) is 0 Å². The van der Waals surface area contributed by atoms with Crippen LogP contribution in [0, 0.1) is 0 Å². The van der Waals surface area contributed by atoms with Gasteiger partial charge in [-0.05, 0) is 12.1 Å². The van der Waals surface area contributed by atoms with Crippen molar-refractivity contribution in [3.63, 3.8) is 0 Å². The monoisotopic (exact) mass is 268 g/mol. The van der Waals surface area contributed by atoms with Crippen molar-refractivity contribution in [1.29, 1.82) is 0 Å². The highest BCUT2D eigenvalue weighted by Crippen LogP contribution is 2.25. The van der Waals surface area contributed by atoms with Gasteiger partial charge >= 0.3 is 5.97 Å². The molecule has 2 aromatic rings. The van der Waals surface area contributed by atoms with Gasteiger partial charge in [0.15, 0.2) is 0 Å². The molecule has 0 aliphatic carbocycles. The van der Waals surface area contributed by atoms with E-state index in [0.29, 0.717) is 5.56 Å². The quantitative estimate of drug-likeness (QED) is 0.780. The summed E-state index contributed by atoms with van der Waals surface area (Å²) < 4.78 is 0.937. The molecule has 0 aliphatic heterocycles. The van der Waals surface area contributed by atoms with Gasteiger partial charge in [-0.2, -0.15) is 0 Å². The van der Waals surface area contributed by atoms with E-state index < -0.39 is 12.0 Å². The van der Waals surface area contributed by atoms with E-state index in [9.17, 15) is 4.79 Å². The van der Waals surface area contributed by atoms with E-state index in [1.165, 1.54) is 0 Å². The number of benzene rings is 1. The van der Waals surface area contributed by atoms with E-state index in [0.717, 1.165) is 15.4 Å². The number of halogens is 1. The number of nitrogens with two attached hydrogens (primary N) is 1. The third-order valence-corrected chi connectivity index (χ3v) is 2.77. The van der Waals surface area contributed by atoms with Gasteiger partial charge in [0.25, 0.3) is 0 Å². The summed E-state index contributed by atoms with van der Waals surface area (Å²) in [5, 5.41) is 9.66. The summed E-state index contributed by atoms with van der Waals surface area (Å²) in [5.41, 5.74) is 7.03. The molecule has 0 saturated carbocycles. The molecule has 0 saturated heterocycles. The van der Waals surface area contributed by atoms with E-state index in [1.807, 2.05) is 18.2 Å². The Morgan fingerprint density at radius 1 is 1.53 bits per heavy atom. The highest BCUT2D eigenvalue weighted by molar-refractivity contribution is 9.10. The minimum Gasteiger partial charge on any atom is -0.480 e.